The molecule has 0 spiro atoms. The average molecular weight is 507 g/mol. The van der Waals surface area contributed by atoms with Gasteiger partial charge in [-0.15, -0.1) is 0 Å². The van der Waals surface area contributed by atoms with Crippen LogP contribution in [0.1, 0.15) is 29.3 Å². The van der Waals surface area contributed by atoms with Crippen molar-refractivity contribution in [3.8, 4) is 11.3 Å². The fourth-order valence-electron chi connectivity index (χ4n) is 1.52. The minimum absolute atomic E-state index is 0.0796. The molecule has 0 aliphatic heterocycles. The van der Waals surface area contributed by atoms with Crippen molar-refractivity contribution in [3.63, 3.8) is 0 Å². The molecule has 2 aromatic rings. The van der Waals surface area contributed by atoms with E-state index in [4.69, 9.17) is 0 Å². The van der Waals surface area contributed by atoms with E-state index >= 15 is 0 Å². The van der Waals surface area contributed by atoms with Gasteiger partial charge in [-0.2, -0.15) is 0 Å². The van der Waals surface area contributed by atoms with Crippen molar-refractivity contribution < 1.29 is 24.1 Å². The number of Topliss-reactive ketones (excluding diaryl/α,β-unsaturated/α-hetero) is 1. The van der Waals surface area contributed by atoms with Crippen molar-refractivity contribution in [1.82, 2.24) is 9.97 Å². The number of aromatic nitrogens is 2. The number of hydrogen-bond acceptors (Lipinski definition) is 3. The van der Waals surface area contributed by atoms with Crippen LogP contribution < -0.4 is 0 Å². The SMILES string of the molecule is CC(=O)c1cc(-c2cnc(C=C(C)[CH]=[W])[nH]2)c(Br)s1. The van der Waals surface area contributed by atoms with Gasteiger partial charge < -0.3 is 0 Å². The summed E-state index contributed by atoms with van der Waals surface area (Å²) in [5.74, 6) is 0.906. The molecule has 0 unspecified atom stereocenters. The summed E-state index contributed by atoms with van der Waals surface area (Å²) in [5, 5.41) is 0. The minimum atomic E-state index is 0.0796. The Morgan fingerprint density at radius 2 is 2.26 bits per heavy atom. The number of rotatable bonds is 4. The number of ketones is 1. The van der Waals surface area contributed by atoms with Crippen LogP contribution in [0.2, 0.25) is 0 Å². The number of carbonyl (C=O) groups excluding carboxylic acids is 1. The first-order valence-electron chi connectivity index (χ1n) is 5.50. The van der Waals surface area contributed by atoms with E-state index in [1.54, 1.807) is 13.1 Å². The predicted octanol–water partition coefficient (Wildman–Crippen LogP) is 3.86. The van der Waals surface area contributed by atoms with Crippen LogP contribution in [0.3, 0.4) is 0 Å². The Bertz CT molecular complexity index is 672. The number of aromatic amines is 1. The standard InChI is InChI=1S/C13H11BrN2OS.W/c1-7(2)4-12-15-6-10(16-12)9-5-11(8(3)17)18-13(9)14;/h1,4-6H,2-3H3,(H,15,16);. The molecule has 0 saturated carbocycles. The number of halogens is 1. The van der Waals surface area contributed by atoms with Crippen molar-refractivity contribution in [2.75, 3.05) is 0 Å². The van der Waals surface area contributed by atoms with Crippen LogP contribution in [-0.4, -0.2) is 20.2 Å². The quantitative estimate of drug-likeness (QED) is 0.640. The summed E-state index contributed by atoms with van der Waals surface area (Å²) in [7, 11) is 0. The molecule has 0 aliphatic carbocycles. The Morgan fingerprint density at radius 3 is 2.84 bits per heavy atom. The summed E-state index contributed by atoms with van der Waals surface area (Å²) in [6.45, 7) is 3.62. The molecule has 19 heavy (non-hydrogen) atoms. The van der Waals surface area contributed by atoms with Crippen LogP contribution in [-0.2, 0) is 19.4 Å². The second-order valence-electron chi connectivity index (χ2n) is 4.04. The van der Waals surface area contributed by atoms with Crippen molar-refractivity contribution >= 4 is 43.5 Å². The topological polar surface area (TPSA) is 45.8 Å². The van der Waals surface area contributed by atoms with Gasteiger partial charge in [0.2, 0.25) is 0 Å². The molecular formula is C13H11BrN2OSW. The molecule has 0 radical (unpaired) electrons. The molecule has 0 saturated heterocycles. The van der Waals surface area contributed by atoms with Crippen molar-refractivity contribution in [2.24, 2.45) is 0 Å². The molecule has 0 bridgehead atoms. The molecule has 3 nitrogen and oxygen atoms in total. The van der Waals surface area contributed by atoms with Crippen LogP contribution >= 0.6 is 27.3 Å². The Labute approximate surface area is 134 Å². The Morgan fingerprint density at radius 1 is 1.53 bits per heavy atom. The van der Waals surface area contributed by atoms with Crippen LogP contribution in [0.25, 0.3) is 17.3 Å². The molecule has 2 heterocycles. The number of allylic oxidation sites excluding steroid dienone is 1. The zero-order valence-corrected chi connectivity index (χ0v) is 15.7. The van der Waals surface area contributed by atoms with Crippen molar-refractivity contribution in [3.05, 3.63) is 32.3 Å². The normalized spacial score (nSPS) is 11.6. The Hall–Kier alpha value is -0.642. The molecule has 2 aromatic heterocycles. The second-order valence-corrected chi connectivity index (χ2v) is 7.26. The van der Waals surface area contributed by atoms with E-state index in [9.17, 15) is 4.79 Å². The first-order chi connectivity index (χ1) is 9.01. The van der Waals surface area contributed by atoms with Gasteiger partial charge in [-0.3, -0.25) is 0 Å². The summed E-state index contributed by atoms with van der Waals surface area (Å²) in [4.78, 5) is 19.7. The molecule has 0 atom stereocenters. The molecular weight excluding hydrogens is 496 g/mol. The maximum atomic E-state index is 11.4. The number of nitrogens with zero attached hydrogens (tertiary/aromatic N) is 1. The first-order valence-corrected chi connectivity index (χ1v) is 8.80. The molecule has 6 heteroatoms. The van der Waals surface area contributed by atoms with Gasteiger partial charge in [0.05, 0.1) is 0 Å². The van der Waals surface area contributed by atoms with Crippen LogP contribution in [0.15, 0.2) is 21.6 Å². The molecule has 2 rings (SSSR count). The number of thiophene rings is 1. The summed E-state index contributed by atoms with van der Waals surface area (Å²) >= 11 is 6.36. The van der Waals surface area contributed by atoms with E-state index in [1.165, 1.54) is 36.3 Å². The van der Waals surface area contributed by atoms with E-state index in [1.807, 2.05) is 19.1 Å². The Balaban J connectivity index is 2.38. The fraction of sp³-hybridized carbons (Fsp3) is 0.154. The van der Waals surface area contributed by atoms with Gasteiger partial charge >= 0.3 is 135 Å². The number of hydrogen-bond donors (Lipinski definition) is 1. The van der Waals surface area contributed by atoms with E-state index in [2.05, 4.69) is 30.3 Å². The van der Waals surface area contributed by atoms with E-state index in [-0.39, 0.29) is 5.78 Å². The van der Waals surface area contributed by atoms with Gasteiger partial charge in [-0.05, 0) is 0 Å². The molecule has 0 amide bonds. The summed E-state index contributed by atoms with van der Waals surface area (Å²) in [6, 6.07) is 1.89. The third-order valence-electron chi connectivity index (χ3n) is 2.47. The monoisotopic (exact) mass is 506 g/mol. The van der Waals surface area contributed by atoms with Crippen LogP contribution in [0.5, 0.6) is 0 Å². The fourth-order valence-corrected chi connectivity index (χ4v) is 3.41. The van der Waals surface area contributed by atoms with Crippen molar-refractivity contribution in [2.45, 2.75) is 13.8 Å². The summed E-state index contributed by atoms with van der Waals surface area (Å²) in [6.07, 6.45) is 3.79. The van der Waals surface area contributed by atoms with E-state index in [0.717, 1.165) is 25.7 Å². The van der Waals surface area contributed by atoms with Crippen molar-refractivity contribution in [1.29, 1.82) is 0 Å². The van der Waals surface area contributed by atoms with Crippen LogP contribution in [0, 0.1) is 0 Å². The van der Waals surface area contributed by atoms with Crippen LogP contribution in [0.4, 0.5) is 0 Å². The van der Waals surface area contributed by atoms with Gasteiger partial charge in [0.1, 0.15) is 0 Å². The van der Waals surface area contributed by atoms with Gasteiger partial charge in [0, 0.05) is 0 Å². The number of carbonyl (C=O) groups is 1. The van der Waals surface area contributed by atoms with Gasteiger partial charge in [0.25, 0.3) is 0 Å². The second kappa shape index (κ2) is 6.21. The number of imidazole rings is 1. The zero-order valence-electron chi connectivity index (χ0n) is 10.4. The molecule has 0 aliphatic rings. The molecule has 1 N–H and O–H groups in total. The molecule has 0 fully saturated rings. The third kappa shape index (κ3) is 3.47. The van der Waals surface area contributed by atoms with Gasteiger partial charge in [-0.25, -0.2) is 0 Å². The number of H-pyrrole nitrogens is 1. The predicted molar refractivity (Wildman–Crippen MR) is 79.3 cm³/mol. The summed E-state index contributed by atoms with van der Waals surface area (Å²) < 4.78 is 3.05. The van der Waals surface area contributed by atoms with Gasteiger partial charge in [0.15, 0.2) is 0 Å². The molecule has 98 valence electrons. The zero-order chi connectivity index (χ0) is 14.0. The first kappa shape index (κ1) is 14.8. The Kier molecular flexibility index (Phi) is 4.82. The van der Waals surface area contributed by atoms with Gasteiger partial charge in [-0.1, -0.05) is 0 Å². The van der Waals surface area contributed by atoms with E-state index in [0.29, 0.717) is 0 Å². The summed E-state index contributed by atoms with van der Waals surface area (Å²) in [5.41, 5.74) is 3.08. The average Bonchev–Trinajstić information content (AvgIpc) is 2.95. The number of nitrogens with one attached hydrogen (secondary N) is 1. The third-order valence-corrected chi connectivity index (χ3v) is 5.74. The maximum absolute atomic E-state index is 11.4. The van der Waals surface area contributed by atoms with E-state index < -0.39 is 0 Å². The molecule has 0 aromatic carbocycles.